The lowest BCUT2D eigenvalue weighted by molar-refractivity contribution is -0.123. The number of rotatable bonds is 6. The van der Waals surface area contributed by atoms with Crippen molar-refractivity contribution in [2.45, 2.75) is 20.8 Å². The van der Waals surface area contributed by atoms with Gasteiger partial charge in [-0.15, -0.1) is 0 Å². The Balaban J connectivity index is 1.86. The zero-order chi connectivity index (χ0) is 18.2. The average molecular weight is 401 g/mol. The van der Waals surface area contributed by atoms with Gasteiger partial charge in [-0.3, -0.25) is 4.79 Å². The predicted molar refractivity (Wildman–Crippen MR) is 106 cm³/mol. The minimum Gasteiger partial charge on any atom is -0.482 e. The Morgan fingerprint density at radius 3 is 2.64 bits per heavy atom. The van der Waals surface area contributed by atoms with E-state index >= 15 is 0 Å². The van der Waals surface area contributed by atoms with Crippen LogP contribution >= 0.6 is 15.9 Å². The van der Waals surface area contributed by atoms with Crippen LogP contribution in [0.3, 0.4) is 0 Å². The number of carbonyl (C=O) groups excluding carboxylic acids is 1. The van der Waals surface area contributed by atoms with Gasteiger partial charge in [-0.25, -0.2) is 5.43 Å². The van der Waals surface area contributed by atoms with E-state index in [4.69, 9.17) is 4.74 Å². The van der Waals surface area contributed by atoms with Crippen LogP contribution in [-0.2, 0) is 4.79 Å². The molecule has 0 aliphatic rings. The van der Waals surface area contributed by atoms with Crippen LogP contribution in [0, 0.1) is 13.8 Å². The average Bonchev–Trinajstić information content (AvgIpc) is 2.54. The monoisotopic (exact) mass is 400 g/mol. The molecule has 4 nitrogen and oxygen atoms in total. The van der Waals surface area contributed by atoms with Gasteiger partial charge in [0.25, 0.3) is 5.91 Å². The highest BCUT2D eigenvalue weighted by molar-refractivity contribution is 9.10. The summed E-state index contributed by atoms with van der Waals surface area (Å²) in [5.74, 6) is 0.362. The van der Waals surface area contributed by atoms with Crippen LogP contribution < -0.4 is 10.2 Å². The zero-order valence-electron chi connectivity index (χ0n) is 14.5. The van der Waals surface area contributed by atoms with Gasteiger partial charge < -0.3 is 4.74 Å². The van der Waals surface area contributed by atoms with E-state index in [1.807, 2.05) is 69.3 Å². The second-order valence-electron chi connectivity index (χ2n) is 5.77. The number of amides is 1. The maximum Gasteiger partial charge on any atom is 0.277 e. The van der Waals surface area contributed by atoms with Gasteiger partial charge in [0.1, 0.15) is 5.75 Å². The molecule has 0 spiro atoms. The lowest BCUT2D eigenvalue weighted by Gasteiger charge is -2.11. The maximum atomic E-state index is 11.9. The topological polar surface area (TPSA) is 50.7 Å². The van der Waals surface area contributed by atoms with Crippen molar-refractivity contribution in [1.82, 2.24) is 5.43 Å². The summed E-state index contributed by atoms with van der Waals surface area (Å²) >= 11 is 3.46. The van der Waals surface area contributed by atoms with Crippen molar-refractivity contribution in [3.8, 4) is 5.75 Å². The molecule has 0 heterocycles. The van der Waals surface area contributed by atoms with E-state index in [9.17, 15) is 4.79 Å². The lowest BCUT2D eigenvalue weighted by Crippen LogP contribution is -2.24. The number of hydrazone groups is 1. The lowest BCUT2D eigenvalue weighted by atomic mass is 10.1. The molecular formula is C20H21BrN2O2. The van der Waals surface area contributed by atoms with Gasteiger partial charge in [0, 0.05) is 0 Å². The number of nitrogens with zero attached hydrogens (tertiary/aromatic N) is 1. The Kier molecular flexibility index (Phi) is 6.95. The molecule has 0 unspecified atom stereocenters. The summed E-state index contributed by atoms with van der Waals surface area (Å²) in [6.45, 7) is 5.78. The van der Waals surface area contributed by atoms with E-state index in [1.165, 1.54) is 0 Å². The van der Waals surface area contributed by atoms with Crippen LogP contribution in [0.4, 0.5) is 0 Å². The second kappa shape index (κ2) is 9.18. The first-order valence-electron chi connectivity index (χ1n) is 7.90. The number of allylic oxidation sites excluding steroid dienone is 1. The molecule has 0 aliphatic carbocycles. The minimum absolute atomic E-state index is 0.0959. The number of aryl methyl sites for hydroxylation is 2. The van der Waals surface area contributed by atoms with Gasteiger partial charge in [-0.2, -0.15) is 5.10 Å². The normalized spacial score (nSPS) is 11.6. The van der Waals surface area contributed by atoms with Crippen LogP contribution in [-0.4, -0.2) is 18.7 Å². The summed E-state index contributed by atoms with van der Waals surface area (Å²) in [4.78, 5) is 11.9. The second-order valence-corrected chi connectivity index (χ2v) is 6.63. The highest BCUT2D eigenvalue weighted by Gasteiger charge is 2.08. The van der Waals surface area contributed by atoms with E-state index in [1.54, 1.807) is 6.21 Å². The fourth-order valence-electron chi connectivity index (χ4n) is 2.31. The Bertz CT molecular complexity index is 776. The molecule has 1 amide bonds. The van der Waals surface area contributed by atoms with Crippen molar-refractivity contribution in [1.29, 1.82) is 0 Å². The predicted octanol–water partition coefficient (Wildman–Crippen LogP) is 4.65. The number of halogens is 1. The fraction of sp³-hybridized carbons (Fsp3) is 0.200. The molecule has 0 fully saturated rings. The van der Waals surface area contributed by atoms with Crippen LogP contribution in [0.25, 0.3) is 6.08 Å². The van der Waals surface area contributed by atoms with Crippen LogP contribution in [0.2, 0.25) is 0 Å². The third kappa shape index (κ3) is 6.19. The van der Waals surface area contributed by atoms with Gasteiger partial charge in [0.15, 0.2) is 6.61 Å². The van der Waals surface area contributed by atoms with Crippen LogP contribution in [0.15, 0.2) is 57.6 Å². The van der Waals surface area contributed by atoms with Crippen molar-refractivity contribution < 1.29 is 9.53 Å². The third-order valence-corrected chi connectivity index (χ3v) is 3.96. The third-order valence-electron chi connectivity index (χ3n) is 3.37. The van der Waals surface area contributed by atoms with Gasteiger partial charge in [0.05, 0.1) is 10.7 Å². The molecule has 2 rings (SSSR count). The van der Waals surface area contributed by atoms with Gasteiger partial charge >= 0.3 is 0 Å². The minimum atomic E-state index is -0.310. The Morgan fingerprint density at radius 2 is 1.96 bits per heavy atom. The van der Waals surface area contributed by atoms with Crippen molar-refractivity contribution in [2.75, 3.05) is 6.61 Å². The molecule has 0 aliphatic heterocycles. The summed E-state index contributed by atoms with van der Waals surface area (Å²) in [6, 6.07) is 13.9. The Hall–Kier alpha value is -2.40. The molecule has 2 aromatic rings. The van der Waals surface area contributed by atoms with E-state index in [2.05, 4.69) is 26.5 Å². The number of hydrogen-bond donors (Lipinski definition) is 1. The summed E-state index contributed by atoms with van der Waals surface area (Å²) in [5, 5.41) is 3.95. The van der Waals surface area contributed by atoms with Crippen molar-refractivity contribution in [2.24, 2.45) is 5.10 Å². The molecular weight excluding hydrogens is 380 g/mol. The molecule has 0 atom stereocenters. The largest absolute Gasteiger partial charge is 0.482 e. The number of carbonyl (C=O) groups is 1. The number of nitrogens with one attached hydrogen (secondary N) is 1. The van der Waals surface area contributed by atoms with Crippen LogP contribution in [0.1, 0.15) is 23.6 Å². The first-order chi connectivity index (χ1) is 12.0. The quantitative estimate of drug-likeness (QED) is 0.566. The van der Waals surface area contributed by atoms with Crippen molar-refractivity contribution in [3.05, 3.63) is 69.2 Å². The number of benzene rings is 2. The molecule has 5 heteroatoms. The first-order valence-corrected chi connectivity index (χ1v) is 8.70. The van der Waals surface area contributed by atoms with E-state index in [0.29, 0.717) is 5.75 Å². The standard InChI is InChI=1S/C20H21BrN2O2/c1-14-9-16(3)20(18(21)11-14)25-13-19(24)23-22-12-15(2)10-17-7-5-4-6-8-17/h4-12H,13H2,1-3H3,(H,23,24)/b15-10+,22-12+. The Morgan fingerprint density at radius 1 is 1.24 bits per heavy atom. The molecule has 130 valence electrons. The number of hydrogen-bond acceptors (Lipinski definition) is 3. The zero-order valence-corrected chi connectivity index (χ0v) is 16.1. The van der Waals surface area contributed by atoms with Gasteiger partial charge in [-0.05, 0) is 65.0 Å². The van der Waals surface area contributed by atoms with Gasteiger partial charge in [-0.1, -0.05) is 42.5 Å². The SMILES string of the molecule is CC(/C=N/NC(=O)COc1c(C)cc(C)cc1Br)=C\c1ccccc1. The molecule has 0 aromatic heterocycles. The molecule has 25 heavy (non-hydrogen) atoms. The van der Waals surface area contributed by atoms with E-state index in [-0.39, 0.29) is 12.5 Å². The Labute approximate surface area is 156 Å². The smallest absolute Gasteiger partial charge is 0.277 e. The maximum absolute atomic E-state index is 11.9. The first kappa shape index (κ1) is 18.9. The molecule has 0 saturated heterocycles. The van der Waals surface area contributed by atoms with E-state index < -0.39 is 0 Å². The molecule has 1 N–H and O–H groups in total. The number of ether oxygens (including phenoxy) is 1. The van der Waals surface area contributed by atoms with E-state index in [0.717, 1.165) is 26.7 Å². The van der Waals surface area contributed by atoms with Gasteiger partial charge in [0.2, 0.25) is 0 Å². The summed E-state index contributed by atoms with van der Waals surface area (Å²) in [5.41, 5.74) is 6.60. The van der Waals surface area contributed by atoms with Crippen molar-refractivity contribution in [3.63, 3.8) is 0 Å². The van der Waals surface area contributed by atoms with Crippen molar-refractivity contribution >= 4 is 34.1 Å². The summed E-state index contributed by atoms with van der Waals surface area (Å²) < 4.78 is 6.43. The summed E-state index contributed by atoms with van der Waals surface area (Å²) in [6.07, 6.45) is 3.59. The van der Waals surface area contributed by atoms with Crippen LogP contribution in [0.5, 0.6) is 5.75 Å². The molecule has 2 aromatic carbocycles. The molecule has 0 saturated carbocycles. The highest BCUT2D eigenvalue weighted by atomic mass is 79.9. The highest BCUT2D eigenvalue weighted by Crippen LogP contribution is 2.30. The fourth-order valence-corrected chi connectivity index (χ4v) is 3.10. The summed E-state index contributed by atoms with van der Waals surface area (Å²) in [7, 11) is 0. The molecule has 0 bridgehead atoms. The molecule has 0 radical (unpaired) electrons.